The van der Waals surface area contributed by atoms with Crippen LogP contribution in [0.5, 0.6) is 0 Å². The minimum absolute atomic E-state index is 0.157. The van der Waals surface area contributed by atoms with Crippen molar-refractivity contribution in [1.29, 1.82) is 0 Å². The van der Waals surface area contributed by atoms with E-state index in [2.05, 4.69) is 9.97 Å². The molecule has 0 unspecified atom stereocenters. The Labute approximate surface area is 133 Å². The molecule has 0 saturated carbocycles. The molecule has 1 N–H and O–H groups in total. The minimum atomic E-state index is -4.22. The summed E-state index contributed by atoms with van der Waals surface area (Å²) in [5.74, 6) is -0.240. The van der Waals surface area contributed by atoms with Crippen LogP contribution in [0, 0.1) is 0 Å². The fourth-order valence-corrected chi connectivity index (χ4v) is 4.28. The molecule has 9 heteroatoms. The number of carbonyl (C=O) groups is 1. The van der Waals surface area contributed by atoms with E-state index in [-0.39, 0.29) is 9.99 Å². The molecule has 0 fully saturated rings. The van der Waals surface area contributed by atoms with Crippen molar-refractivity contribution < 1.29 is 17.8 Å². The van der Waals surface area contributed by atoms with Gasteiger partial charge in [0.05, 0.1) is 9.75 Å². The van der Waals surface area contributed by atoms with E-state index >= 15 is 0 Å². The van der Waals surface area contributed by atoms with Gasteiger partial charge in [0.2, 0.25) is 5.78 Å². The van der Waals surface area contributed by atoms with Crippen LogP contribution in [0.25, 0.3) is 9.88 Å². The van der Waals surface area contributed by atoms with E-state index in [1.54, 1.807) is 24.3 Å². The topological polar surface area (TPSA) is 97.2 Å². The van der Waals surface area contributed by atoms with Crippen molar-refractivity contribution in [3.05, 3.63) is 53.3 Å². The highest BCUT2D eigenvalue weighted by atomic mass is 32.3. The number of thiophene rings is 1. The van der Waals surface area contributed by atoms with Gasteiger partial charge in [0.1, 0.15) is 14.9 Å². The first-order valence-corrected chi connectivity index (χ1v) is 9.02. The molecule has 22 heavy (non-hydrogen) atoms. The SMILES string of the molecule is O=C(c1ccccn1)c1cnc(-c2ccc(S(=O)(=O)O)s2)s1. The van der Waals surface area contributed by atoms with Gasteiger partial charge in [0.25, 0.3) is 0 Å². The molecule has 0 aliphatic heterocycles. The Kier molecular flexibility index (Phi) is 3.87. The van der Waals surface area contributed by atoms with Crippen molar-refractivity contribution in [2.45, 2.75) is 4.21 Å². The molecule has 0 aliphatic carbocycles. The van der Waals surface area contributed by atoms with E-state index in [1.807, 2.05) is 0 Å². The van der Waals surface area contributed by atoms with Gasteiger partial charge in [-0.3, -0.25) is 14.3 Å². The zero-order valence-corrected chi connectivity index (χ0v) is 13.3. The van der Waals surface area contributed by atoms with Gasteiger partial charge < -0.3 is 0 Å². The first-order chi connectivity index (χ1) is 10.4. The number of rotatable bonds is 4. The second kappa shape index (κ2) is 5.69. The molecular weight excluding hydrogens is 344 g/mol. The van der Waals surface area contributed by atoms with Crippen molar-refractivity contribution in [2.75, 3.05) is 0 Å². The van der Waals surface area contributed by atoms with E-state index in [0.29, 0.717) is 20.5 Å². The fourth-order valence-electron chi connectivity index (χ4n) is 1.69. The molecule has 3 aromatic heterocycles. The molecule has 0 aromatic carbocycles. The van der Waals surface area contributed by atoms with Crippen LogP contribution in [0.4, 0.5) is 0 Å². The zero-order valence-electron chi connectivity index (χ0n) is 10.8. The highest BCUT2D eigenvalue weighted by Crippen LogP contribution is 2.33. The molecule has 0 spiro atoms. The van der Waals surface area contributed by atoms with Crippen LogP contribution in [-0.2, 0) is 10.1 Å². The van der Waals surface area contributed by atoms with Gasteiger partial charge in [-0.15, -0.1) is 22.7 Å². The molecule has 6 nitrogen and oxygen atoms in total. The predicted molar refractivity (Wildman–Crippen MR) is 82.9 cm³/mol. The lowest BCUT2D eigenvalue weighted by molar-refractivity contribution is 0.103. The van der Waals surface area contributed by atoms with Gasteiger partial charge in [-0.05, 0) is 24.3 Å². The summed E-state index contributed by atoms with van der Waals surface area (Å²) in [5, 5.41) is 0.513. The van der Waals surface area contributed by atoms with Crippen molar-refractivity contribution in [3.8, 4) is 9.88 Å². The molecule has 0 aliphatic rings. The van der Waals surface area contributed by atoms with Gasteiger partial charge in [-0.2, -0.15) is 8.42 Å². The average Bonchev–Trinajstić information content (AvgIpc) is 3.15. The Morgan fingerprint density at radius 2 is 1.91 bits per heavy atom. The lowest BCUT2D eigenvalue weighted by atomic mass is 10.2. The summed E-state index contributed by atoms with van der Waals surface area (Å²) in [6.07, 6.45) is 2.97. The van der Waals surface area contributed by atoms with Crippen molar-refractivity contribution in [2.24, 2.45) is 0 Å². The highest BCUT2D eigenvalue weighted by Gasteiger charge is 2.18. The first kappa shape index (κ1) is 15.0. The number of hydrogen-bond acceptors (Lipinski definition) is 7. The summed E-state index contributed by atoms with van der Waals surface area (Å²) >= 11 is 2.04. The maximum atomic E-state index is 12.2. The molecule has 0 bridgehead atoms. The van der Waals surface area contributed by atoms with Crippen molar-refractivity contribution >= 4 is 38.6 Å². The van der Waals surface area contributed by atoms with Crippen LogP contribution < -0.4 is 0 Å². The van der Waals surface area contributed by atoms with Crippen LogP contribution in [0.3, 0.4) is 0 Å². The fraction of sp³-hybridized carbons (Fsp3) is 0. The molecule has 0 radical (unpaired) electrons. The summed E-state index contributed by atoms with van der Waals surface area (Å²) in [5.41, 5.74) is 0.322. The van der Waals surface area contributed by atoms with E-state index < -0.39 is 10.1 Å². The van der Waals surface area contributed by atoms with Crippen LogP contribution in [-0.4, -0.2) is 28.7 Å². The summed E-state index contributed by atoms with van der Waals surface area (Å²) in [6.45, 7) is 0. The number of pyridine rings is 1. The third-order valence-corrected chi connectivity index (χ3v) is 6.25. The Morgan fingerprint density at radius 3 is 2.55 bits per heavy atom. The Hall–Kier alpha value is -1.94. The third-order valence-electron chi connectivity index (χ3n) is 2.67. The molecule has 112 valence electrons. The van der Waals surface area contributed by atoms with Crippen molar-refractivity contribution in [3.63, 3.8) is 0 Å². The van der Waals surface area contributed by atoms with E-state index in [1.165, 1.54) is 18.5 Å². The predicted octanol–water partition coefficient (Wildman–Crippen LogP) is 2.74. The molecule has 0 amide bonds. The van der Waals surface area contributed by atoms with E-state index in [4.69, 9.17) is 4.55 Å². The normalized spacial score (nSPS) is 11.5. The summed E-state index contributed by atoms with van der Waals surface area (Å²) in [6, 6.07) is 7.90. The monoisotopic (exact) mass is 352 g/mol. The van der Waals surface area contributed by atoms with Crippen molar-refractivity contribution in [1.82, 2.24) is 9.97 Å². The van der Waals surface area contributed by atoms with Crippen LogP contribution in [0.15, 0.2) is 46.9 Å². The number of carbonyl (C=O) groups excluding carboxylic acids is 1. The first-order valence-electron chi connectivity index (χ1n) is 5.94. The van der Waals surface area contributed by atoms with E-state index in [0.717, 1.165) is 22.7 Å². The largest absolute Gasteiger partial charge is 0.304 e. The second-order valence-electron chi connectivity index (χ2n) is 4.17. The van der Waals surface area contributed by atoms with Crippen LogP contribution in [0.1, 0.15) is 15.4 Å². The molecule has 3 heterocycles. The zero-order chi connectivity index (χ0) is 15.7. The minimum Gasteiger partial charge on any atom is -0.286 e. The standard InChI is InChI=1S/C13H8N2O4S3/c16-12(8-3-1-2-6-14-8)10-7-15-13(21-10)9-4-5-11(20-9)22(17,18)19/h1-7H,(H,17,18,19). The van der Waals surface area contributed by atoms with Gasteiger partial charge in [0, 0.05) is 12.4 Å². The Morgan fingerprint density at radius 1 is 1.09 bits per heavy atom. The Balaban J connectivity index is 1.91. The molecular formula is C13H8N2O4S3. The lowest BCUT2D eigenvalue weighted by Crippen LogP contribution is -2.00. The Bertz CT molecular complexity index is 929. The van der Waals surface area contributed by atoms with Crippen LogP contribution >= 0.6 is 22.7 Å². The molecule has 0 saturated heterocycles. The molecule has 3 aromatic rings. The highest BCUT2D eigenvalue weighted by molar-refractivity contribution is 7.88. The smallest absolute Gasteiger partial charge is 0.286 e. The van der Waals surface area contributed by atoms with Crippen LogP contribution in [0.2, 0.25) is 0 Å². The number of aromatic nitrogens is 2. The van der Waals surface area contributed by atoms with Gasteiger partial charge in [-0.1, -0.05) is 6.07 Å². The number of thiazole rings is 1. The van der Waals surface area contributed by atoms with Gasteiger partial charge in [-0.25, -0.2) is 4.98 Å². The number of nitrogens with zero attached hydrogens (tertiary/aromatic N) is 2. The van der Waals surface area contributed by atoms with E-state index in [9.17, 15) is 13.2 Å². The molecule has 3 rings (SSSR count). The number of hydrogen-bond donors (Lipinski definition) is 1. The maximum absolute atomic E-state index is 12.2. The lowest BCUT2D eigenvalue weighted by Gasteiger charge is -1.94. The quantitative estimate of drug-likeness (QED) is 0.573. The average molecular weight is 352 g/mol. The van der Waals surface area contributed by atoms with Gasteiger partial charge >= 0.3 is 10.1 Å². The summed E-state index contributed by atoms with van der Waals surface area (Å²) in [7, 11) is -4.22. The second-order valence-corrected chi connectivity index (χ2v) is 7.93. The summed E-state index contributed by atoms with van der Waals surface area (Å²) < 4.78 is 31.0. The summed E-state index contributed by atoms with van der Waals surface area (Å²) in [4.78, 5) is 21.3. The molecule has 0 atom stereocenters. The maximum Gasteiger partial charge on any atom is 0.304 e. The third kappa shape index (κ3) is 2.97. The number of ketones is 1. The van der Waals surface area contributed by atoms with Gasteiger partial charge in [0.15, 0.2) is 0 Å².